The van der Waals surface area contributed by atoms with Crippen molar-refractivity contribution in [2.24, 2.45) is 5.92 Å². The molecule has 0 spiro atoms. The average Bonchev–Trinajstić information content (AvgIpc) is 2.94. The SMILES string of the molecule is CC1=C=C=C2C(=C1)[C@@H]1CN(C)CC[C@H]1N2C(=O)Nc1cccc(C(F)(F)F)c1. The minimum absolute atomic E-state index is 0.0385. The van der Waals surface area contributed by atoms with Gasteiger partial charge in [0.2, 0.25) is 0 Å². The Morgan fingerprint density at radius 2 is 2.07 bits per heavy atom. The van der Waals surface area contributed by atoms with Gasteiger partial charge in [-0.1, -0.05) is 11.8 Å². The Hall–Kier alpha value is -2.72. The number of anilines is 1. The molecule has 1 N–H and O–H groups in total. The van der Waals surface area contributed by atoms with Crippen molar-refractivity contribution in [3.8, 4) is 0 Å². The molecule has 1 aromatic rings. The lowest BCUT2D eigenvalue weighted by Crippen LogP contribution is -2.47. The lowest BCUT2D eigenvalue weighted by atomic mass is 9.88. The van der Waals surface area contributed by atoms with E-state index in [-0.39, 0.29) is 17.6 Å². The summed E-state index contributed by atoms with van der Waals surface area (Å²) in [6.45, 7) is 3.61. The molecule has 2 atom stereocenters. The Morgan fingerprint density at radius 3 is 2.82 bits per heavy atom. The topological polar surface area (TPSA) is 35.6 Å². The summed E-state index contributed by atoms with van der Waals surface area (Å²) in [4.78, 5) is 16.9. The van der Waals surface area contributed by atoms with Crippen molar-refractivity contribution in [1.29, 1.82) is 0 Å². The number of nitrogens with one attached hydrogen (secondary N) is 1. The number of nitrogens with zero attached hydrogens (tertiary/aromatic N) is 2. The number of hydrogen-bond acceptors (Lipinski definition) is 2. The molecule has 28 heavy (non-hydrogen) atoms. The molecule has 4 rings (SSSR count). The Bertz CT molecular complexity index is 965. The van der Waals surface area contributed by atoms with Crippen molar-refractivity contribution in [3.63, 3.8) is 0 Å². The summed E-state index contributed by atoms with van der Waals surface area (Å²) in [5.74, 6) is 0.158. The maximum atomic E-state index is 13.0. The highest BCUT2D eigenvalue weighted by Crippen LogP contribution is 2.43. The van der Waals surface area contributed by atoms with Crippen LogP contribution in [0.3, 0.4) is 0 Å². The van der Waals surface area contributed by atoms with Gasteiger partial charge in [-0.25, -0.2) is 4.79 Å². The largest absolute Gasteiger partial charge is 0.416 e. The average molecular weight is 387 g/mol. The summed E-state index contributed by atoms with van der Waals surface area (Å²) in [6.07, 6.45) is -1.64. The highest BCUT2D eigenvalue weighted by Gasteiger charge is 2.47. The van der Waals surface area contributed by atoms with Gasteiger partial charge in [0.25, 0.3) is 0 Å². The lowest BCUT2D eigenvalue weighted by Gasteiger charge is -2.35. The fourth-order valence-electron chi connectivity index (χ4n) is 4.14. The third-order valence-corrected chi connectivity index (χ3v) is 5.43. The first-order chi connectivity index (χ1) is 13.2. The number of hydrogen-bond donors (Lipinski definition) is 1. The van der Waals surface area contributed by atoms with Gasteiger partial charge in [0, 0.05) is 24.2 Å². The quantitative estimate of drug-likeness (QED) is 0.725. The zero-order valence-corrected chi connectivity index (χ0v) is 15.6. The molecule has 0 saturated carbocycles. The molecule has 7 heteroatoms. The van der Waals surface area contributed by atoms with Crippen LogP contribution in [-0.2, 0) is 6.18 Å². The minimum atomic E-state index is -4.46. The van der Waals surface area contributed by atoms with Gasteiger partial charge in [0.15, 0.2) is 0 Å². The van der Waals surface area contributed by atoms with Crippen molar-refractivity contribution in [2.45, 2.75) is 25.6 Å². The van der Waals surface area contributed by atoms with Gasteiger partial charge in [-0.05, 0) is 68.1 Å². The van der Waals surface area contributed by atoms with Crippen LogP contribution in [0.5, 0.6) is 0 Å². The number of rotatable bonds is 1. The molecule has 0 radical (unpaired) electrons. The van der Waals surface area contributed by atoms with Crippen molar-refractivity contribution in [3.05, 3.63) is 64.2 Å². The molecule has 2 fully saturated rings. The third-order valence-electron chi connectivity index (χ3n) is 5.43. The lowest BCUT2D eigenvalue weighted by molar-refractivity contribution is -0.137. The fraction of sp³-hybridized carbons (Fsp3) is 0.381. The van der Waals surface area contributed by atoms with Crippen LogP contribution in [0.25, 0.3) is 0 Å². The van der Waals surface area contributed by atoms with Crippen LogP contribution in [0.1, 0.15) is 18.9 Å². The molecule has 146 valence electrons. The van der Waals surface area contributed by atoms with E-state index >= 15 is 0 Å². The molecule has 1 aliphatic carbocycles. The van der Waals surface area contributed by atoms with E-state index in [1.54, 1.807) is 4.90 Å². The number of amides is 2. The zero-order valence-electron chi connectivity index (χ0n) is 15.6. The molecule has 2 saturated heterocycles. The van der Waals surface area contributed by atoms with Crippen molar-refractivity contribution < 1.29 is 18.0 Å². The number of likely N-dealkylation sites (tertiary alicyclic amines) is 2. The van der Waals surface area contributed by atoms with Crippen LogP contribution in [0, 0.1) is 5.92 Å². The maximum Gasteiger partial charge on any atom is 0.416 e. The zero-order chi connectivity index (χ0) is 20.1. The van der Waals surface area contributed by atoms with Gasteiger partial charge < -0.3 is 10.2 Å². The van der Waals surface area contributed by atoms with Gasteiger partial charge in [-0.2, -0.15) is 13.2 Å². The second-order valence-electron chi connectivity index (χ2n) is 7.48. The van der Waals surface area contributed by atoms with E-state index in [9.17, 15) is 18.0 Å². The molecule has 2 aliphatic heterocycles. The Balaban J connectivity index is 1.65. The summed E-state index contributed by atoms with van der Waals surface area (Å²) in [7, 11) is 2.05. The number of carbonyl (C=O) groups excluding carboxylic acids is 1. The van der Waals surface area contributed by atoms with E-state index in [4.69, 9.17) is 0 Å². The van der Waals surface area contributed by atoms with Crippen LogP contribution in [0.15, 0.2) is 58.6 Å². The van der Waals surface area contributed by atoms with Crippen LogP contribution in [0.2, 0.25) is 0 Å². The Kier molecular flexibility index (Phi) is 4.47. The number of benzene rings is 1. The molecule has 0 aromatic heterocycles. The maximum absolute atomic E-state index is 13.0. The standard InChI is InChI=1S/C21H20F3N3O/c1-13-6-7-18-16(10-13)17-12-26(2)9-8-19(17)27(18)20(28)25-15-5-3-4-14(11-15)21(22,23)24/h3-5,10-11,17,19H,8-9,12H2,1-2H3,(H,25,28)/t17-,19+/m0/s1. The van der Waals surface area contributed by atoms with Crippen LogP contribution >= 0.6 is 0 Å². The minimum Gasteiger partial charge on any atom is -0.308 e. The second kappa shape index (κ2) is 6.71. The molecular weight excluding hydrogens is 367 g/mol. The molecule has 2 heterocycles. The highest BCUT2D eigenvalue weighted by atomic mass is 19.4. The molecule has 0 bridgehead atoms. The first kappa shape index (κ1) is 18.6. The molecule has 4 nitrogen and oxygen atoms in total. The van der Waals surface area contributed by atoms with Crippen molar-refractivity contribution in [2.75, 3.05) is 25.5 Å². The van der Waals surface area contributed by atoms with Crippen molar-refractivity contribution in [1.82, 2.24) is 9.80 Å². The Morgan fingerprint density at radius 1 is 1.29 bits per heavy atom. The molecule has 1 aromatic carbocycles. The van der Waals surface area contributed by atoms with E-state index in [2.05, 4.69) is 21.7 Å². The highest BCUT2D eigenvalue weighted by molar-refractivity contribution is 5.92. The van der Waals surface area contributed by atoms with E-state index in [1.165, 1.54) is 12.1 Å². The van der Waals surface area contributed by atoms with E-state index in [1.807, 2.05) is 20.0 Å². The summed E-state index contributed by atoms with van der Waals surface area (Å²) in [5, 5.41) is 2.64. The number of halogens is 3. The smallest absolute Gasteiger partial charge is 0.308 e. The van der Waals surface area contributed by atoms with Crippen LogP contribution in [0.4, 0.5) is 23.7 Å². The number of urea groups is 1. The van der Waals surface area contributed by atoms with Gasteiger partial charge in [-0.15, -0.1) is 0 Å². The molecule has 3 aliphatic rings. The van der Waals surface area contributed by atoms with Gasteiger partial charge in [-0.3, -0.25) is 4.90 Å². The molecular formula is C21H20F3N3O. The summed E-state index contributed by atoms with van der Waals surface area (Å²) in [6, 6.07) is 4.21. The number of fused-ring (bicyclic) bond motifs is 3. The van der Waals surface area contributed by atoms with Crippen LogP contribution < -0.4 is 5.32 Å². The van der Waals surface area contributed by atoms with Gasteiger partial charge in [0.1, 0.15) is 5.70 Å². The second-order valence-corrected chi connectivity index (χ2v) is 7.48. The van der Waals surface area contributed by atoms with Gasteiger partial charge >= 0.3 is 12.2 Å². The third kappa shape index (κ3) is 3.29. The fourth-order valence-corrected chi connectivity index (χ4v) is 4.14. The molecule has 0 unspecified atom stereocenters. The van der Waals surface area contributed by atoms with Crippen molar-refractivity contribution >= 4 is 11.7 Å². The summed E-state index contributed by atoms with van der Waals surface area (Å²) in [5.41, 5.74) is 8.10. The molecule has 2 amide bonds. The Labute approximate surface area is 161 Å². The number of alkyl halides is 3. The van der Waals surface area contributed by atoms with E-state index in [0.717, 1.165) is 42.8 Å². The summed E-state index contributed by atoms with van der Waals surface area (Å²) >= 11 is 0. The predicted octanol–water partition coefficient (Wildman–Crippen LogP) is 4.40. The monoisotopic (exact) mass is 387 g/mol. The predicted molar refractivity (Wildman–Crippen MR) is 99.5 cm³/mol. The summed E-state index contributed by atoms with van der Waals surface area (Å²) < 4.78 is 38.9. The first-order valence-corrected chi connectivity index (χ1v) is 9.14. The number of carbonyl (C=O) groups is 1. The number of allylic oxidation sites excluding steroid dienone is 3. The van der Waals surface area contributed by atoms with E-state index in [0.29, 0.717) is 5.70 Å². The van der Waals surface area contributed by atoms with E-state index < -0.39 is 17.8 Å². The normalized spacial score (nSPS) is 24.2. The number of piperidine rings is 1. The first-order valence-electron chi connectivity index (χ1n) is 9.14. The van der Waals surface area contributed by atoms with Crippen LogP contribution in [-0.4, -0.2) is 42.0 Å². The van der Waals surface area contributed by atoms with Gasteiger partial charge in [0.05, 0.1) is 5.56 Å².